The Kier molecular flexibility index (Phi) is 2.37. The molecule has 0 amide bonds. The van der Waals surface area contributed by atoms with Crippen molar-refractivity contribution in [1.82, 2.24) is 9.55 Å². The average Bonchev–Trinajstić information content (AvgIpc) is 2.47. The van der Waals surface area contributed by atoms with Gasteiger partial charge in [-0.1, -0.05) is 6.42 Å². The molecule has 1 saturated carbocycles. The third-order valence-corrected chi connectivity index (χ3v) is 2.92. The van der Waals surface area contributed by atoms with Crippen LogP contribution in [0.4, 0.5) is 0 Å². The molecule has 0 spiro atoms. The Hall–Kier alpha value is -1.16. The molecule has 0 bridgehead atoms. The molecule has 1 aliphatic carbocycles. The van der Waals surface area contributed by atoms with Gasteiger partial charge in [-0.25, -0.2) is 4.98 Å². The van der Waals surface area contributed by atoms with E-state index in [0.29, 0.717) is 11.6 Å². The normalized spacial score (nSPS) is 19.0. The second-order valence-corrected chi connectivity index (χ2v) is 4.01. The number of Topliss-reactive ketones (excluding diaryl/α,β-unsaturated/α-hetero) is 1. The summed E-state index contributed by atoms with van der Waals surface area (Å²) in [5, 5.41) is 0. The summed E-state index contributed by atoms with van der Waals surface area (Å²) >= 11 is 0. The van der Waals surface area contributed by atoms with Crippen LogP contribution >= 0.6 is 0 Å². The number of nitrogens with zero attached hydrogens (tertiary/aromatic N) is 2. The highest BCUT2D eigenvalue weighted by molar-refractivity contribution is 5.98. The molecule has 1 unspecified atom stereocenters. The van der Waals surface area contributed by atoms with Gasteiger partial charge in [0.15, 0.2) is 5.78 Å². The van der Waals surface area contributed by atoms with Gasteiger partial charge in [-0.15, -0.1) is 0 Å². The molecular formula is C10H15N3O. The molecule has 2 N–H and O–H groups in total. The van der Waals surface area contributed by atoms with Gasteiger partial charge in [-0.3, -0.25) is 4.79 Å². The molecule has 1 aromatic heterocycles. The van der Waals surface area contributed by atoms with E-state index < -0.39 is 0 Å². The number of aromatic nitrogens is 2. The Balaban J connectivity index is 2.07. The van der Waals surface area contributed by atoms with Crippen LogP contribution in [0.15, 0.2) is 12.5 Å². The van der Waals surface area contributed by atoms with Crippen LogP contribution in [0.25, 0.3) is 0 Å². The fraction of sp³-hybridized carbons (Fsp3) is 0.600. The number of aryl methyl sites for hydroxylation is 1. The molecule has 0 radical (unpaired) electrons. The summed E-state index contributed by atoms with van der Waals surface area (Å²) < 4.78 is 1.76. The van der Waals surface area contributed by atoms with Crippen molar-refractivity contribution < 1.29 is 4.79 Å². The van der Waals surface area contributed by atoms with Crippen molar-refractivity contribution in [3.8, 4) is 0 Å². The summed E-state index contributed by atoms with van der Waals surface area (Å²) in [5.41, 5.74) is 6.36. The highest BCUT2D eigenvalue weighted by Gasteiger charge is 2.30. The molecule has 76 valence electrons. The van der Waals surface area contributed by atoms with Gasteiger partial charge in [-0.05, 0) is 18.8 Å². The van der Waals surface area contributed by atoms with Gasteiger partial charge in [0.25, 0.3) is 0 Å². The first kappa shape index (κ1) is 9.40. The van der Waals surface area contributed by atoms with Gasteiger partial charge in [0, 0.05) is 13.2 Å². The van der Waals surface area contributed by atoms with E-state index in [4.69, 9.17) is 5.73 Å². The molecule has 0 saturated heterocycles. The zero-order valence-electron chi connectivity index (χ0n) is 8.31. The van der Waals surface area contributed by atoms with E-state index in [9.17, 15) is 4.79 Å². The van der Waals surface area contributed by atoms with Crippen molar-refractivity contribution in [2.24, 2.45) is 18.7 Å². The number of rotatable bonds is 3. The number of carbonyl (C=O) groups excluding carboxylic acids is 1. The lowest BCUT2D eigenvalue weighted by Crippen LogP contribution is -2.41. The van der Waals surface area contributed by atoms with Gasteiger partial charge < -0.3 is 10.3 Å². The molecule has 14 heavy (non-hydrogen) atoms. The average molecular weight is 193 g/mol. The Bertz CT molecular complexity index is 341. The number of hydrogen-bond acceptors (Lipinski definition) is 3. The Morgan fingerprint density at radius 2 is 2.43 bits per heavy atom. The van der Waals surface area contributed by atoms with Crippen LogP contribution in [0.2, 0.25) is 0 Å². The summed E-state index contributed by atoms with van der Waals surface area (Å²) in [4.78, 5) is 15.8. The fourth-order valence-electron chi connectivity index (χ4n) is 1.72. The van der Waals surface area contributed by atoms with Crippen molar-refractivity contribution >= 4 is 5.78 Å². The Morgan fingerprint density at radius 3 is 2.86 bits per heavy atom. The summed E-state index contributed by atoms with van der Waals surface area (Å²) in [6.07, 6.45) is 6.72. The smallest absolute Gasteiger partial charge is 0.199 e. The number of hydrogen-bond donors (Lipinski definition) is 1. The first-order valence-electron chi connectivity index (χ1n) is 4.96. The standard InChI is InChI=1S/C10H15N3O/c1-13-5-8(12-6-13)10(14)9(11)7-3-2-4-7/h5-7,9H,2-4,11H2,1H3. The van der Waals surface area contributed by atoms with Crippen LogP contribution in [0, 0.1) is 5.92 Å². The monoisotopic (exact) mass is 193 g/mol. The van der Waals surface area contributed by atoms with Gasteiger partial charge >= 0.3 is 0 Å². The Morgan fingerprint density at radius 1 is 1.71 bits per heavy atom. The van der Waals surface area contributed by atoms with E-state index in [1.165, 1.54) is 6.42 Å². The molecular weight excluding hydrogens is 178 g/mol. The summed E-state index contributed by atoms with van der Waals surface area (Å²) in [6.45, 7) is 0. The number of carbonyl (C=O) groups is 1. The van der Waals surface area contributed by atoms with Crippen molar-refractivity contribution in [1.29, 1.82) is 0 Å². The van der Waals surface area contributed by atoms with E-state index >= 15 is 0 Å². The second kappa shape index (κ2) is 3.53. The Labute approximate surface area is 83.1 Å². The largest absolute Gasteiger partial charge is 0.340 e. The van der Waals surface area contributed by atoms with Gasteiger partial charge in [0.1, 0.15) is 5.69 Å². The third kappa shape index (κ3) is 1.57. The predicted molar refractivity (Wildman–Crippen MR) is 52.9 cm³/mol. The van der Waals surface area contributed by atoms with Crippen LogP contribution in [0.3, 0.4) is 0 Å². The molecule has 2 rings (SSSR count). The van der Waals surface area contributed by atoms with Gasteiger partial charge in [-0.2, -0.15) is 0 Å². The van der Waals surface area contributed by atoms with E-state index in [0.717, 1.165) is 12.8 Å². The summed E-state index contributed by atoms with van der Waals surface area (Å²) in [5.74, 6) is 0.361. The topological polar surface area (TPSA) is 60.9 Å². The minimum absolute atomic E-state index is 0.0182. The zero-order valence-corrected chi connectivity index (χ0v) is 8.31. The number of ketones is 1. The van der Waals surface area contributed by atoms with E-state index in [-0.39, 0.29) is 11.8 Å². The third-order valence-electron chi connectivity index (χ3n) is 2.92. The second-order valence-electron chi connectivity index (χ2n) is 4.01. The van der Waals surface area contributed by atoms with Crippen molar-refractivity contribution in [2.45, 2.75) is 25.3 Å². The first-order chi connectivity index (χ1) is 6.68. The number of imidazole rings is 1. The lowest BCUT2D eigenvalue weighted by Gasteiger charge is -2.29. The predicted octanol–water partition coefficient (Wildman–Crippen LogP) is 0.730. The summed E-state index contributed by atoms with van der Waals surface area (Å²) in [6, 6.07) is -0.348. The molecule has 4 heteroatoms. The van der Waals surface area contributed by atoms with Crippen LogP contribution in [0.1, 0.15) is 29.8 Å². The van der Waals surface area contributed by atoms with Crippen LogP contribution in [-0.2, 0) is 7.05 Å². The van der Waals surface area contributed by atoms with Gasteiger partial charge in [0.05, 0.1) is 12.4 Å². The molecule has 1 atom stereocenters. The zero-order chi connectivity index (χ0) is 10.1. The van der Waals surface area contributed by atoms with Crippen molar-refractivity contribution in [3.63, 3.8) is 0 Å². The molecule has 0 aromatic carbocycles. The minimum atomic E-state index is -0.348. The van der Waals surface area contributed by atoms with E-state index in [2.05, 4.69) is 4.98 Å². The quantitative estimate of drug-likeness (QED) is 0.720. The van der Waals surface area contributed by atoms with Crippen molar-refractivity contribution in [2.75, 3.05) is 0 Å². The molecule has 0 aliphatic heterocycles. The lowest BCUT2D eigenvalue weighted by atomic mass is 9.78. The first-order valence-corrected chi connectivity index (χ1v) is 4.96. The van der Waals surface area contributed by atoms with E-state index in [1.807, 2.05) is 7.05 Å². The lowest BCUT2D eigenvalue weighted by molar-refractivity contribution is 0.0892. The van der Waals surface area contributed by atoms with Crippen LogP contribution in [0.5, 0.6) is 0 Å². The maximum atomic E-state index is 11.8. The van der Waals surface area contributed by atoms with E-state index in [1.54, 1.807) is 17.1 Å². The molecule has 1 aliphatic rings. The minimum Gasteiger partial charge on any atom is -0.340 e. The molecule has 1 fully saturated rings. The number of nitrogens with two attached hydrogens (primary N) is 1. The molecule has 1 aromatic rings. The molecule has 1 heterocycles. The van der Waals surface area contributed by atoms with Crippen LogP contribution < -0.4 is 5.73 Å². The highest BCUT2D eigenvalue weighted by atomic mass is 16.1. The van der Waals surface area contributed by atoms with Crippen LogP contribution in [-0.4, -0.2) is 21.4 Å². The maximum Gasteiger partial charge on any atom is 0.199 e. The SMILES string of the molecule is Cn1cnc(C(=O)C(N)C2CCC2)c1. The maximum absolute atomic E-state index is 11.8. The van der Waals surface area contributed by atoms with Crippen molar-refractivity contribution in [3.05, 3.63) is 18.2 Å². The highest BCUT2D eigenvalue weighted by Crippen LogP contribution is 2.29. The molecule has 4 nitrogen and oxygen atoms in total. The van der Waals surface area contributed by atoms with Gasteiger partial charge in [0.2, 0.25) is 0 Å². The summed E-state index contributed by atoms with van der Waals surface area (Å²) in [7, 11) is 1.85. The fourth-order valence-corrected chi connectivity index (χ4v) is 1.72.